The summed E-state index contributed by atoms with van der Waals surface area (Å²) in [5, 5.41) is 0. The van der Waals surface area contributed by atoms with Crippen molar-refractivity contribution in [1.29, 1.82) is 0 Å². The molecule has 0 heterocycles. The molecular weight excluding hydrogens is 256 g/mol. The largest absolute Gasteiger partial charge is 0.224 e. The monoisotopic (exact) mass is 274 g/mol. The minimum atomic E-state index is -3.22. The van der Waals surface area contributed by atoms with Crippen LogP contribution < -0.4 is 0 Å². The first-order valence-electron chi connectivity index (χ1n) is 6.18. The molecule has 0 fully saturated rings. The Morgan fingerprint density at radius 3 is 1.95 bits per heavy atom. The molecule has 2 rings (SSSR count). The van der Waals surface area contributed by atoms with E-state index in [1.807, 2.05) is 24.3 Å². The third-order valence-corrected chi connectivity index (χ3v) is 4.68. The summed E-state index contributed by atoms with van der Waals surface area (Å²) in [4.78, 5) is 0.387. The third-order valence-electron chi connectivity index (χ3n) is 3.52. The smallest absolute Gasteiger partial charge is 0.176 e. The first-order chi connectivity index (χ1) is 8.80. The maximum absolute atomic E-state index is 11.9. The van der Waals surface area contributed by atoms with Crippen molar-refractivity contribution in [2.75, 3.05) is 6.26 Å². The lowest BCUT2D eigenvalue weighted by Crippen LogP contribution is -2.00. The van der Waals surface area contributed by atoms with E-state index in [9.17, 15) is 8.42 Å². The van der Waals surface area contributed by atoms with Crippen LogP contribution >= 0.6 is 0 Å². The van der Waals surface area contributed by atoms with Crippen molar-refractivity contribution in [2.45, 2.75) is 25.7 Å². The number of hydrogen-bond acceptors (Lipinski definition) is 2. The fraction of sp³-hybridized carbons (Fsp3) is 0.250. The molecule has 0 aliphatic rings. The van der Waals surface area contributed by atoms with E-state index in [1.165, 1.54) is 22.9 Å². The lowest BCUT2D eigenvalue weighted by molar-refractivity contribution is 0.602. The Morgan fingerprint density at radius 2 is 1.42 bits per heavy atom. The van der Waals surface area contributed by atoms with Crippen molar-refractivity contribution in [3.05, 3.63) is 53.1 Å². The molecule has 0 saturated heterocycles. The van der Waals surface area contributed by atoms with E-state index in [0.717, 1.165) is 11.1 Å². The molecule has 0 spiro atoms. The topological polar surface area (TPSA) is 34.1 Å². The Kier molecular flexibility index (Phi) is 3.50. The molecule has 0 radical (unpaired) electrons. The van der Waals surface area contributed by atoms with Crippen LogP contribution in [0.25, 0.3) is 11.1 Å². The van der Waals surface area contributed by atoms with Gasteiger partial charge in [0.15, 0.2) is 9.84 Å². The summed E-state index contributed by atoms with van der Waals surface area (Å²) in [6.45, 7) is 6.18. The highest BCUT2D eigenvalue weighted by Gasteiger charge is 2.14. The molecule has 0 atom stereocenters. The van der Waals surface area contributed by atoms with Gasteiger partial charge in [-0.3, -0.25) is 0 Å². The zero-order valence-electron chi connectivity index (χ0n) is 11.7. The summed E-state index contributed by atoms with van der Waals surface area (Å²) in [5.74, 6) is 0. The highest BCUT2D eigenvalue weighted by Crippen LogP contribution is 2.30. The van der Waals surface area contributed by atoms with Crippen molar-refractivity contribution in [1.82, 2.24) is 0 Å². The van der Waals surface area contributed by atoms with Crippen LogP contribution in [0.4, 0.5) is 0 Å². The molecule has 0 unspecified atom stereocenters. The Labute approximate surface area is 115 Å². The Hall–Kier alpha value is -1.61. The van der Waals surface area contributed by atoms with Gasteiger partial charge in [0.05, 0.1) is 4.90 Å². The molecule has 2 aromatic carbocycles. The lowest BCUT2D eigenvalue weighted by atomic mass is 9.96. The second-order valence-corrected chi connectivity index (χ2v) is 6.99. The molecule has 100 valence electrons. The SMILES string of the molecule is Cc1cc(-c2ccccc2S(C)(=O)=O)cc(C)c1C. The van der Waals surface area contributed by atoms with E-state index in [0.29, 0.717) is 4.90 Å². The van der Waals surface area contributed by atoms with Crippen LogP contribution in [-0.4, -0.2) is 14.7 Å². The second-order valence-electron chi connectivity index (χ2n) is 5.00. The Bertz CT molecular complexity index is 705. The van der Waals surface area contributed by atoms with Crippen molar-refractivity contribution in [3.63, 3.8) is 0 Å². The maximum Gasteiger partial charge on any atom is 0.176 e. The first kappa shape index (κ1) is 13.8. The number of benzene rings is 2. The summed E-state index contributed by atoms with van der Waals surface area (Å²) in [6, 6.07) is 11.2. The van der Waals surface area contributed by atoms with Crippen LogP contribution in [0, 0.1) is 20.8 Å². The van der Waals surface area contributed by atoms with E-state index in [2.05, 4.69) is 20.8 Å². The zero-order valence-corrected chi connectivity index (χ0v) is 12.5. The molecule has 19 heavy (non-hydrogen) atoms. The normalized spacial score (nSPS) is 11.6. The quantitative estimate of drug-likeness (QED) is 0.837. The molecule has 0 bridgehead atoms. The van der Waals surface area contributed by atoms with Gasteiger partial charge in [0.1, 0.15) is 0 Å². The van der Waals surface area contributed by atoms with Crippen LogP contribution in [0.15, 0.2) is 41.3 Å². The van der Waals surface area contributed by atoms with Crippen molar-refractivity contribution < 1.29 is 8.42 Å². The number of rotatable bonds is 2. The van der Waals surface area contributed by atoms with Gasteiger partial charge in [0.25, 0.3) is 0 Å². The predicted octanol–water partition coefficient (Wildman–Crippen LogP) is 3.68. The summed E-state index contributed by atoms with van der Waals surface area (Å²) in [6.07, 6.45) is 1.25. The van der Waals surface area contributed by atoms with Crippen molar-refractivity contribution in [2.24, 2.45) is 0 Å². The standard InChI is InChI=1S/C16H18O2S/c1-11-9-14(10-12(2)13(11)3)15-7-5-6-8-16(15)19(4,17)18/h5-10H,1-4H3. The summed E-state index contributed by atoms with van der Waals surface area (Å²) in [5.41, 5.74) is 5.34. The predicted molar refractivity (Wildman–Crippen MR) is 79.2 cm³/mol. The van der Waals surface area contributed by atoms with E-state index in [4.69, 9.17) is 0 Å². The number of sulfone groups is 1. The number of aryl methyl sites for hydroxylation is 2. The van der Waals surface area contributed by atoms with E-state index in [1.54, 1.807) is 12.1 Å². The van der Waals surface area contributed by atoms with Gasteiger partial charge in [-0.2, -0.15) is 0 Å². The summed E-state index contributed by atoms with van der Waals surface area (Å²) < 4.78 is 23.7. The van der Waals surface area contributed by atoms with Crippen LogP contribution in [-0.2, 0) is 9.84 Å². The van der Waals surface area contributed by atoms with E-state index >= 15 is 0 Å². The van der Waals surface area contributed by atoms with Crippen LogP contribution in [0.3, 0.4) is 0 Å². The highest BCUT2D eigenvalue weighted by molar-refractivity contribution is 7.90. The minimum Gasteiger partial charge on any atom is -0.224 e. The molecule has 0 saturated carbocycles. The fourth-order valence-electron chi connectivity index (χ4n) is 2.22. The molecule has 0 N–H and O–H groups in total. The van der Waals surface area contributed by atoms with Gasteiger partial charge in [0.2, 0.25) is 0 Å². The van der Waals surface area contributed by atoms with Gasteiger partial charge in [-0.15, -0.1) is 0 Å². The fourth-order valence-corrected chi connectivity index (χ4v) is 3.13. The number of hydrogen-bond donors (Lipinski definition) is 0. The van der Waals surface area contributed by atoms with Gasteiger partial charge in [-0.25, -0.2) is 8.42 Å². The molecule has 2 aromatic rings. The van der Waals surface area contributed by atoms with Crippen molar-refractivity contribution in [3.8, 4) is 11.1 Å². The lowest BCUT2D eigenvalue weighted by Gasteiger charge is -2.12. The first-order valence-corrected chi connectivity index (χ1v) is 8.07. The minimum absolute atomic E-state index is 0.387. The Balaban J connectivity index is 2.74. The maximum atomic E-state index is 11.9. The second kappa shape index (κ2) is 4.82. The summed E-state index contributed by atoms with van der Waals surface area (Å²) >= 11 is 0. The van der Waals surface area contributed by atoms with Crippen LogP contribution in [0.2, 0.25) is 0 Å². The zero-order chi connectivity index (χ0) is 14.2. The molecule has 0 aliphatic heterocycles. The molecule has 2 nitrogen and oxygen atoms in total. The summed E-state index contributed by atoms with van der Waals surface area (Å²) in [7, 11) is -3.22. The third kappa shape index (κ3) is 2.71. The van der Waals surface area contributed by atoms with Gasteiger partial charge < -0.3 is 0 Å². The molecular formula is C16H18O2S. The molecule has 0 aromatic heterocycles. The van der Waals surface area contributed by atoms with E-state index in [-0.39, 0.29) is 0 Å². The molecule has 0 amide bonds. The Morgan fingerprint density at radius 1 is 0.895 bits per heavy atom. The van der Waals surface area contributed by atoms with Gasteiger partial charge in [-0.05, 0) is 49.1 Å². The molecule has 3 heteroatoms. The average molecular weight is 274 g/mol. The van der Waals surface area contributed by atoms with Gasteiger partial charge in [-0.1, -0.05) is 30.3 Å². The average Bonchev–Trinajstić information content (AvgIpc) is 2.34. The molecule has 0 aliphatic carbocycles. The van der Waals surface area contributed by atoms with Crippen LogP contribution in [0.1, 0.15) is 16.7 Å². The van der Waals surface area contributed by atoms with Crippen LogP contribution in [0.5, 0.6) is 0 Å². The van der Waals surface area contributed by atoms with Gasteiger partial charge >= 0.3 is 0 Å². The van der Waals surface area contributed by atoms with Crippen molar-refractivity contribution >= 4 is 9.84 Å². The van der Waals surface area contributed by atoms with E-state index < -0.39 is 9.84 Å². The highest BCUT2D eigenvalue weighted by atomic mass is 32.2. The van der Waals surface area contributed by atoms with Gasteiger partial charge in [0, 0.05) is 11.8 Å².